The number of rotatable bonds is 8. The standard InChI is InChI=1S/C23H28N4O3S/c28-20(24-13-3-7-21-26-18-5-1-2-6-19(18)31-21)15-25-23(30)16-9-11-17(12-10-16)27-14-4-8-22(27)29/h9-12H,1-8,13-15H2,(H,24,28)(H,25,30). The third-order valence-electron chi connectivity index (χ3n) is 5.70. The van der Waals surface area contributed by atoms with E-state index in [9.17, 15) is 14.4 Å². The van der Waals surface area contributed by atoms with E-state index >= 15 is 0 Å². The van der Waals surface area contributed by atoms with Crippen LogP contribution in [0.5, 0.6) is 0 Å². The fourth-order valence-electron chi connectivity index (χ4n) is 4.02. The normalized spacial score (nSPS) is 15.6. The number of hydrogen-bond acceptors (Lipinski definition) is 5. The first-order chi connectivity index (χ1) is 15.1. The topological polar surface area (TPSA) is 91.4 Å². The van der Waals surface area contributed by atoms with Crippen molar-refractivity contribution in [1.29, 1.82) is 0 Å². The highest BCUT2D eigenvalue weighted by Gasteiger charge is 2.21. The molecule has 0 saturated carbocycles. The zero-order valence-electron chi connectivity index (χ0n) is 17.6. The summed E-state index contributed by atoms with van der Waals surface area (Å²) < 4.78 is 0. The number of hydrogen-bond donors (Lipinski definition) is 2. The van der Waals surface area contributed by atoms with Gasteiger partial charge in [0.1, 0.15) is 0 Å². The van der Waals surface area contributed by atoms with Crippen LogP contribution in [0.3, 0.4) is 0 Å². The molecule has 164 valence electrons. The highest BCUT2D eigenvalue weighted by molar-refractivity contribution is 7.11. The van der Waals surface area contributed by atoms with E-state index in [0.717, 1.165) is 49.3 Å². The van der Waals surface area contributed by atoms with Crippen LogP contribution in [0.25, 0.3) is 0 Å². The summed E-state index contributed by atoms with van der Waals surface area (Å²) in [6.45, 7) is 1.23. The molecule has 0 atom stereocenters. The second-order valence-corrected chi connectivity index (χ2v) is 9.18. The Morgan fingerprint density at radius 2 is 1.84 bits per heavy atom. The summed E-state index contributed by atoms with van der Waals surface area (Å²) in [5.74, 6) is -0.391. The van der Waals surface area contributed by atoms with Gasteiger partial charge in [0.2, 0.25) is 11.8 Å². The zero-order chi connectivity index (χ0) is 21.6. The van der Waals surface area contributed by atoms with Gasteiger partial charge in [-0.2, -0.15) is 0 Å². The van der Waals surface area contributed by atoms with E-state index in [-0.39, 0.29) is 24.3 Å². The first-order valence-electron chi connectivity index (χ1n) is 11.0. The summed E-state index contributed by atoms with van der Waals surface area (Å²) in [6, 6.07) is 6.91. The summed E-state index contributed by atoms with van der Waals surface area (Å²) in [5.41, 5.74) is 2.55. The largest absolute Gasteiger partial charge is 0.355 e. The van der Waals surface area contributed by atoms with Crippen LogP contribution in [0, 0.1) is 0 Å². The maximum atomic E-state index is 12.3. The van der Waals surface area contributed by atoms with Crippen LogP contribution < -0.4 is 15.5 Å². The second kappa shape index (κ2) is 10.0. The van der Waals surface area contributed by atoms with Crippen molar-refractivity contribution in [2.75, 3.05) is 24.5 Å². The molecule has 1 saturated heterocycles. The van der Waals surface area contributed by atoms with Crippen molar-refractivity contribution in [3.63, 3.8) is 0 Å². The molecule has 1 fully saturated rings. The van der Waals surface area contributed by atoms with Crippen molar-refractivity contribution in [3.8, 4) is 0 Å². The van der Waals surface area contributed by atoms with E-state index in [4.69, 9.17) is 4.98 Å². The molecule has 8 heteroatoms. The molecule has 1 aliphatic carbocycles. The van der Waals surface area contributed by atoms with Crippen LogP contribution in [0.2, 0.25) is 0 Å². The maximum absolute atomic E-state index is 12.3. The number of aromatic nitrogens is 1. The van der Waals surface area contributed by atoms with Gasteiger partial charge >= 0.3 is 0 Å². The molecular weight excluding hydrogens is 412 g/mol. The van der Waals surface area contributed by atoms with Crippen molar-refractivity contribution < 1.29 is 14.4 Å². The number of aryl methyl sites for hydroxylation is 3. The summed E-state index contributed by atoms with van der Waals surface area (Å²) in [7, 11) is 0. The Labute approximate surface area is 186 Å². The van der Waals surface area contributed by atoms with Crippen molar-refractivity contribution in [3.05, 3.63) is 45.4 Å². The summed E-state index contributed by atoms with van der Waals surface area (Å²) in [5, 5.41) is 6.66. The monoisotopic (exact) mass is 440 g/mol. The minimum Gasteiger partial charge on any atom is -0.355 e. The van der Waals surface area contributed by atoms with Gasteiger partial charge in [-0.05, 0) is 62.8 Å². The van der Waals surface area contributed by atoms with E-state index in [1.165, 1.54) is 23.4 Å². The Kier molecular flexibility index (Phi) is 6.96. The van der Waals surface area contributed by atoms with Crippen LogP contribution in [0.4, 0.5) is 5.69 Å². The lowest BCUT2D eigenvalue weighted by molar-refractivity contribution is -0.120. The van der Waals surface area contributed by atoms with Crippen LogP contribution >= 0.6 is 11.3 Å². The Morgan fingerprint density at radius 1 is 1.03 bits per heavy atom. The van der Waals surface area contributed by atoms with Gasteiger partial charge in [0.25, 0.3) is 5.91 Å². The number of nitrogens with one attached hydrogen (secondary N) is 2. The molecule has 1 aromatic heterocycles. The van der Waals surface area contributed by atoms with Gasteiger partial charge in [-0.3, -0.25) is 14.4 Å². The highest BCUT2D eigenvalue weighted by atomic mass is 32.1. The number of carbonyl (C=O) groups is 3. The Morgan fingerprint density at radius 3 is 2.58 bits per heavy atom. The number of amides is 3. The van der Waals surface area contributed by atoms with Gasteiger partial charge < -0.3 is 15.5 Å². The maximum Gasteiger partial charge on any atom is 0.251 e. The molecular formula is C23H28N4O3S. The highest BCUT2D eigenvalue weighted by Crippen LogP contribution is 2.27. The van der Waals surface area contributed by atoms with Crippen LogP contribution in [0.1, 0.15) is 58.0 Å². The Hall–Kier alpha value is -2.74. The van der Waals surface area contributed by atoms with Crippen LogP contribution in [0.15, 0.2) is 24.3 Å². The molecule has 7 nitrogen and oxygen atoms in total. The molecule has 0 radical (unpaired) electrons. The van der Waals surface area contributed by atoms with Crippen molar-refractivity contribution in [2.24, 2.45) is 0 Å². The Bertz CT molecular complexity index is 931. The van der Waals surface area contributed by atoms with E-state index in [1.54, 1.807) is 29.2 Å². The molecule has 1 aromatic carbocycles. The predicted octanol–water partition coefficient (Wildman–Crippen LogP) is 2.63. The van der Waals surface area contributed by atoms with Gasteiger partial charge in [-0.1, -0.05) is 0 Å². The van der Waals surface area contributed by atoms with E-state index in [0.29, 0.717) is 18.5 Å². The average molecular weight is 441 g/mol. The number of anilines is 1. The number of fused-ring (bicyclic) bond motifs is 1. The third-order valence-corrected chi connectivity index (χ3v) is 6.92. The van der Waals surface area contributed by atoms with Gasteiger partial charge in [-0.15, -0.1) is 11.3 Å². The molecule has 3 amide bonds. The SMILES string of the molecule is O=C(CNC(=O)c1ccc(N2CCCC2=O)cc1)NCCCc1nc2c(s1)CCCC2. The minimum atomic E-state index is -0.303. The molecule has 0 spiro atoms. The molecule has 31 heavy (non-hydrogen) atoms. The second-order valence-electron chi connectivity index (χ2n) is 8.02. The van der Waals surface area contributed by atoms with E-state index in [1.807, 2.05) is 11.3 Å². The quantitative estimate of drug-likeness (QED) is 0.618. The van der Waals surface area contributed by atoms with Crippen LogP contribution in [-0.4, -0.2) is 42.3 Å². The summed E-state index contributed by atoms with van der Waals surface area (Å²) in [4.78, 5) is 44.0. The van der Waals surface area contributed by atoms with Gasteiger partial charge in [0.05, 0.1) is 17.2 Å². The van der Waals surface area contributed by atoms with Gasteiger partial charge in [-0.25, -0.2) is 4.98 Å². The number of carbonyl (C=O) groups excluding carboxylic acids is 3. The summed E-state index contributed by atoms with van der Waals surface area (Å²) in [6.07, 6.45) is 7.90. The lowest BCUT2D eigenvalue weighted by atomic mass is 10.0. The number of nitrogens with zero attached hydrogens (tertiary/aromatic N) is 2. The molecule has 0 bridgehead atoms. The smallest absolute Gasteiger partial charge is 0.251 e. The Balaban J connectivity index is 1.15. The molecule has 2 N–H and O–H groups in total. The fourth-order valence-corrected chi connectivity index (χ4v) is 5.22. The van der Waals surface area contributed by atoms with Gasteiger partial charge in [0.15, 0.2) is 0 Å². The molecule has 2 aliphatic rings. The predicted molar refractivity (Wildman–Crippen MR) is 120 cm³/mol. The van der Waals surface area contributed by atoms with Crippen molar-refractivity contribution in [1.82, 2.24) is 15.6 Å². The minimum absolute atomic E-state index is 0.0588. The van der Waals surface area contributed by atoms with E-state index < -0.39 is 0 Å². The van der Waals surface area contributed by atoms with Crippen molar-refractivity contribution in [2.45, 2.75) is 51.4 Å². The van der Waals surface area contributed by atoms with Crippen molar-refractivity contribution >= 4 is 34.7 Å². The molecule has 2 aromatic rings. The first kappa shape index (κ1) is 21.5. The van der Waals surface area contributed by atoms with Crippen LogP contribution in [-0.2, 0) is 28.9 Å². The third kappa shape index (κ3) is 5.50. The first-order valence-corrected chi connectivity index (χ1v) is 11.8. The number of thiazole rings is 1. The lowest BCUT2D eigenvalue weighted by Crippen LogP contribution is -2.37. The average Bonchev–Trinajstić information content (AvgIpc) is 3.40. The molecule has 1 aliphatic heterocycles. The zero-order valence-corrected chi connectivity index (χ0v) is 18.4. The fraction of sp³-hybridized carbons (Fsp3) is 0.478. The van der Waals surface area contributed by atoms with Gasteiger partial charge in [0, 0.05) is 42.1 Å². The molecule has 4 rings (SSSR count). The summed E-state index contributed by atoms with van der Waals surface area (Å²) >= 11 is 1.81. The lowest BCUT2D eigenvalue weighted by Gasteiger charge is -2.15. The van der Waals surface area contributed by atoms with E-state index in [2.05, 4.69) is 10.6 Å². The molecule has 0 unspecified atom stereocenters. The molecule has 2 heterocycles. The number of benzene rings is 1.